The first kappa shape index (κ1) is 12.1. The Hall–Kier alpha value is -0.943. The van der Waals surface area contributed by atoms with Crippen LogP contribution in [0.4, 0.5) is 8.22 Å². The minimum atomic E-state index is -4.11. The van der Waals surface area contributed by atoms with E-state index in [9.17, 15) is 8.22 Å². The third-order valence-corrected chi connectivity index (χ3v) is 2.84. The van der Waals surface area contributed by atoms with E-state index in [4.69, 9.17) is 10.5 Å². The second-order valence-electron chi connectivity index (χ2n) is 3.15. The van der Waals surface area contributed by atoms with Gasteiger partial charge in [-0.25, -0.2) is 0 Å². The van der Waals surface area contributed by atoms with E-state index in [1.807, 2.05) is 12.1 Å². The maximum atomic E-state index is 12.6. The van der Waals surface area contributed by atoms with E-state index in [0.29, 0.717) is 19.3 Å². The Kier molecular flexibility index (Phi) is 5.25. The van der Waals surface area contributed by atoms with E-state index in [1.54, 1.807) is 0 Å². The van der Waals surface area contributed by atoms with Gasteiger partial charge in [-0.2, -0.15) is 10.5 Å². The van der Waals surface area contributed by atoms with Crippen molar-refractivity contribution in [1.82, 2.24) is 0 Å². The molecule has 0 bridgehead atoms. The fourth-order valence-electron chi connectivity index (χ4n) is 1.07. The topological polar surface area (TPSA) is 47.6 Å². The van der Waals surface area contributed by atoms with Crippen LogP contribution in [0.5, 0.6) is 0 Å². The molecule has 0 spiro atoms. The molecule has 0 aliphatic rings. The standard InChI is InChI=1S/C8H12F2N2Si/c1-13(9,10)7-8(6-12)4-2-3-5-11/h8H,2-4,7H2,1H3. The van der Waals surface area contributed by atoms with Crippen molar-refractivity contribution in [2.24, 2.45) is 5.92 Å². The predicted octanol–water partition coefficient (Wildman–Crippen LogP) is 2.83. The third kappa shape index (κ3) is 7.42. The summed E-state index contributed by atoms with van der Waals surface area (Å²) >= 11 is 0. The van der Waals surface area contributed by atoms with Crippen molar-refractivity contribution in [2.75, 3.05) is 0 Å². The van der Waals surface area contributed by atoms with Gasteiger partial charge >= 0.3 is 8.74 Å². The van der Waals surface area contributed by atoms with Crippen LogP contribution >= 0.6 is 0 Å². The predicted molar refractivity (Wildman–Crippen MR) is 47.2 cm³/mol. The van der Waals surface area contributed by atoms with E-state index >= 15 is 0 Å². The number of halogens is 2. The first-order valence-corrected chi connectivity index (χ1v) is 6.60. The van der Waals surface area contributed by atoms with Gasteiger partial charge in [0, 0.05) is 18.4 Å². The minimum Gasteiger partial charge on any atom is -0.271 e. The second-order valence-corrected chi connectivity index (χ2v) is 5.70. The maximum absolute atomic E-state index is 12.6. The van der Waals surface area contributed by atoms with Crippen LogP contribution in [0.2, 0.25) is 12.6 Å². The molecule has 0 amide bonds. The zero-order valence-corrected chi connectivity index (χ0v) is 8.56. The summed E-state index contributed by atoms with van der Waals surface area (Å²) in [6, 6.07) is 3.52. The summed E-state index contributed by atoms with van der Waals surface area (Å²) < 4.78 is 25.2. The molecule has 1 unspecified atom stereocenters. The molecular weight excluding hydrogens is 190 g/mol. The lowest BCUT2D eigenvalue weighted by Gasteiger charge is -2.10. The first-order valence-electron chi connectivity index (χ1n) is 4.14. The second kappa shape index (κ2) is 5.66. The lowest BCUT2D eigenvalue weighted by molar-refractivity contribution is 0.542. The molecule has 0 rings (SSSR count). The van der Waals surface area contributed by atoms with E-state index in [2.05, 4.69) is 0 Å². The Morgan fingerprint density at radius 1 is 1.38 bits per heavy atom. The largest absolute Gasteiger partial charge is 0.423 e. The van der Waals surface area contributed by atoms with Crippen LogP contribution in [0.1, 0.15) is 19.3 Å². The number of hydrogen-bond donors (Lipinski definition) is 0. The van der Waals surface area contributed by atoms with Gasteiger partial charge in [0.05, 0.1) is 12.1 Å². The number of hydrogen-bond acceptors (Lipinski definition) is 2. The summed E-state index contributed by atoms with van der Waals surface area (Å²) in [4.78, 5) is 0. The first-order chi connectivity index (χ1) is 5.99. The van der Waals surface area contributed by atoms with Gasteiger partial charge in [-0.05, 0) is 19.4 Å². The van der Waals surface area contributed by atoms with Crippen molar-refractivity contribution in [3.8, 4) is 12.1 Å². The third-order valence-electron chi connectivity index (χ3n) is 1.63. The molecule has 0 aromatic carbocycles. The summed E-state index contributed by atoms with van der Waals surface area (Å²) in [7, 11) is -4.11. The highest BCUT2D eigenvalue weighted by Gasteiger charge is 2.31. The molecule has 0 aromatic rings. The molecule has 0 aliphatic carbocycles. The van der Waals surface area contributed by atoms with E-state index in [-0.39, 0.29) is 6.04 Å². The molecule has 1 atom stereocenters. The van der Waals surface area contributed by atoms with E-state index in [0.717, 1.165) is 6.55 Å². The highest BCUT2D eigenvalue weighted by atomic mass is 28.4. The van der Waals surface area contributed by atoms with Gasteiger partial charge < -0.3 is 0 Å². The smallest absolute Gasteiger partial charge is 0.271 e. The molecule has 0 saturated heterocycles. The summed E-state index contributed by atoms with van der Waals surface area (Å²) in [5.41, 5.74) is 0. The molecule has 5 heteroatoms. The average molecular weight is 202 g/mol. The highest BCUT2D eigenvalue weighted by molar-refractivity contribution is 6.64. The number of unbranched alkanes of at least 4 members (excludes halogenated alkanes) is 1. The summed E-state index contributed by atoms with van der Waals surface area (Å²) in [6.45, 7) is 0.946. The van der Waals surface area contributed by atoms with Crippen LogP contribution in [0.3, 0.4) is 0 Å². The summed E-state index contributed by atoms with van der Waals surface area (Å²) in [5, 5.41) is 16.8. The van der Waals surface area contributed by atoms with Gasteiger partial charge in [0.25, 0.3) is 0 Å². The molecule has 72 valence electrons. The van der Waals surface area contributed by atoms with Crippen LogP contribution in [-0.4, -0.2) is 8.74 Å². The van der Waals surface area contributed by atoms with Gasteiger partial charge in [-0.3, -0.25) is 8.22 Å². The number of nitriles is 2. The molecule has 0 fully saturated rings. The van der Waals surface area contributed by atoms with Crippen LogP contribution in [0.15, 0.2) is 0 Å². The SMILES string of the molecule is C[Si](F)(F)CC(C#N)CCCC#N. The highest BCUT2D eigenvalue weighted by Crippen LogP contribution is 2.22. The van der Waals surface area contributed by atoms with Gasteiger partial charge in [-0.1, -0.05) is 0 Å². The average Bonchev–Trinajstić information content (AvgIpc) is 2.01. The number of nitrogens with zero attached hydrogens (tertiary/aromatic N) is 2. The van der Waals surface area contributed by atoms with E-state index in [1.165, 1.54) is 0 Å². The van der Waals surface area contributed by atoms with Gasteiger partial charge in [-0.15, -0.1) is 0 Å². The fourth-order valence-corrected chi connectivity index (χ4v) is 2.23. The molecule has 13 heavy (non-hydrogen) atoms. The normalized spacial score (nSPS) is 13.0. The van der Waals surface area contributed by atoms with Gasteiger partial charge in [0.1, 0.15) is 0 Å². The van der Waals surface area contributed by atoms with Crippen LogP contribution in [0.25, 0.3) is 0 Å². The molecule has 0 aliphatic heterocycles. The Balaban J connectivity index is 3.80. The Morgan fingerprint density at radius 3 is 2.38 bits per heavy atom. The van der Waals surface area contributed by atoms with Crippen molar-refractivity contribution < 1.29 is 8.22 Å². The van der Waals surface area contributed by atoms with Crippen molar-refractivity contribution >= 4 is 8.74 Å². The van der Waals surface area contributed by atoms with Crippen molar-refractivity contribution in [2.45, 2.75) is 31.9 Å². The maximum Gasteiger partial charge on any atom is 0.423 e. The molecule has 0 radical (unpaired) electrons. The summed E-state index contributed by atoms with van der Waals surface area (Å²) in [6.07, 6.45) is 1.30. The molecule has 0 N–H and O–H groups in total. The Morgan fingerprint density at radius 2 is 2.00 bits per heavy atom. The van der Waals surface area contributed by atoms with Gasteiger partial charge in [0.2, 0.25) is 0 Å². The fraction of sp³-hybridized carbons (Fsp3) is 0.750. The minimum absolute atomic E-state index is 0.269. The molecule has 0 heterocycles. The van der Waals surface area contributed by atoms with E-state index < -0.39 is 14.7 Å². The van der Waals surface area contributed by atoms with Crippen LogP contribution < -0.4 is 0 Å². The Labute approximate surface area is 78.1 Å². The molecule has 0 aromatic heterocycles. The zero-order valence-electron chi connectivity index (χ0n) is 7.56. The van der Waals surface area contributed by atoms with Crippen LogP contribution in [0, 0.1) is 28.6 Å². The zero-order chi connectivity index (χ0) is 10.3. The monoisotopic (exact) mass is 202 g/mol. The van der Waals surface area contributed by atoms with Gasteiger partial charge in [0.15, 0.2) is 0 Å². The van der Waals surface area contributed by atoms with Crippen molar-refractivity contribution in [3.63, 3.8) is 0 Å². The summed E-state index contributed by atoms with van der Waals surface area (Å²) in [5.74, 6) is -0.569. The number of rotatable bonds is 5. The van der Waals surface area contributed by atoms with Crippen molar-refractivity contribution in [3.05, 3.63) is 0 Å². The lowest BCUT2D eigenvalue weighted by atomic mass is 10.1. The quantitative estimate of drug-likeness (QED) is 0.391. The Bertz CT molecular complexity index is 224. The lowest BCUT2D eigenvalue weighted by Crippen LogP contribution is -2.20. The molecule has 0 saturated carbocycles. The molecular formula is C8H12F2N2Si. The van der Waals surface area contributed by atoms with Crippen LogP contribution in [-0.2, 0) is 0 Å². The molecule has 2 nitrogen and oxygen atoms in total. The van der Waals surface area contributed by atoms with Crippen molar-refractivity contribution in [1.29, 1.82) is 10.5 Å².